The Hall–Kier alpha value is -1.26. The highest BCUT2D eigenvalue weighted by Gasteiger charge is 2.48. The summed E-state index contributed by atoms with van der Waals surface area (Å²) in [5, 5.41) is 0. The normalized spacial score (nSPS) is 12.5. The largest absolute Gasteiger partial charge is 0.508 e. The van der Waals surface area contributed by atoms with Crippen LogP contribution in [0.15, 0.2) is 0 Å². The van der Waals surface area contributed by atoms with E-state index in [-0.39, 0.29) is 12.6 Å². The molecule has 142 valence electrons. The topological polar surface area (TPSA) is 61.8 Å². The van der Waals surface area contributed by atoms with E-state index in [1.807, 2.05) is 13.8 Å². The van der Waals surface area contributed by atoms with Crippen LogP contribution in [-0.2, 0) is 19.0 Å². The summed E-state index contributed by atoms with van der Waals surface area (Å²) in [5.74, 6) is -0.241. The first kappa shape index (κ1) is 22.7. The van der Waals surface area contributed by atoms with E-state index >= 15 is 0 Å². The van der Waals surface area contributed by atoms with E-state index in [1.165, 1.54) is 0 Å². The zero-order valence-corrected chi connectivity index (χ0v) is 16.2. The van der Waals surface area contributed by atoms with E-state index in [1.54, 1.807) is 6.92 Å². The predicted molar refractivity (Wildman–Crippen MR) is 94.9 cm³/mol. The van der Waals surface area contributed by atoms with Crippen LogP contribution in [0.4, 0.5) is 4.79 Å². The lowest BCUT2D eigenvalue weighted by molar-refractivity contribution is -0.167. The molecule has 0 fully saturated rings. The Balaban J connectivity index is 5.62. The molecule has 1 atom stereocenters. The van der Waals surface area contributed by atoms with Crippen LogP contribution in [0.2, 0.25) is 0 Å². The highest BCUT2D eigenvalue weighted by molar-refractivity contribution is 5.78. The van der Waals surface area contributed by atoms with Gasteiger partial charge in [0.1, 0.15) is 11.5 Å². The van der Waals surface area contributed by atoms with Gasteiger partial charge in [-0.2, -0.15) is 0 Å². The quantitative estimate of drug-likeness (QED) is 0.427. The molecular formula is C19H36O5. The number of carbonyl (C=O) groups excluding carboxylic acids is 2. The van der Waals surface area contributed by atoms with Gasteiger partial charge in [0.05, 0.1) is 13.2 Å². The van der Waals surface area contributed by atoms with Crippen molar-refractivity contribution in [3.05, 3.63) is 0 Å². The first-order chi connectivity index (χ1) is 11.5. The lowest BCUT2D eigenvalue weighted by atomic mass is 9.72. The van der Waals surface area contributed by atoms with Crippen LogP contribution < -0.4 is 0 Å². The van der Waals surface area contributed by atoms with Crippen molar-refractivity contribution in [2.45, 2.75) is 92.1 Å². The number of ether oxygens (including phenoxy) is 3. The summed E-state index contributed by atoms with van der Waals surface area (Å²) in [4.78, 5) is 24.8. The fourth-order valence-corrected chi connectivity index (χ4v) is 3.02. The van der Waals surface area contributed by atoms with Gasteiger partial charge in [-0.3, -0.25) is 4.79 Å². The van der Waals surface area contributed by atoms with Gasteiger partial charge in [0.15, 0.2) is 0 Å². The second kappa shape index (κ2) is 13.1. The van der Waals surface area contributed by atoms with Crippen molar-refractivity contribution in [3.63, 3.8) is 0 Å². The van der Waals surface area contributed by atoms with Crippen molar-refractivity contribution in [1.82, 2.24) is 0 Å². The molecule has 0 amide bonds. The highest BCUT2D eigenvalue weighted by Crippen LogP contribution is 2.40. The average Bonchev–Trinajstić information content (AvgIpc) is 2.55. The fourth-order valence-electron chi connectivity index (χ4n) is 3.02. The fraction of sp³-hybridized carbons (Fsp3) is 0.895. The van der Waals surface area contributed by atoms with Crippen LogP contribution in [0.5, 0.6) is 0 Å². The maximum Gasteiger partial charge on any atom is 0.508 e. The molecule has 0 saturated carbocycles. The van der Waals surface area contributed by atoms with Gasteiger partial charge >= 0.3 is 12.1 Å². The zero-order chi connectivity index (χ0) is 18.4. The minimum atomic E-state index is -0.773. The number of hydrogen-bond donors (Lipinski definition) is 0. The molecule has 0 spiro atoms. The summed E-state index contributed by atoms with van der Waals surface area (Å²) in [6.45, 7) is 10.3. The Morgan fingerprint density at radius 1 is 0.833 bits per heavy atom. The van der Waals surface area contributed by atoms with Gasteiger partial charge in [-0.25, -0.2) is 4.79 Å². The molecule has 0 bridgehead atoms. The minimum Gasteiger partial charge on any atom is -0.465 e. The first-order valence-corrected chi connectivity index (χ1v) is 9.52. The van der Waals surface area contributed by atoms with Gasteiger partial charge in [-0.05, 0) is 33.1 Å². The Morgan fingerprint density at radius 3 is 1.79 bits per heavy atom. The number of hydrogen-bond acceptors (Lipinski definition) is 5. The van der Waals surface area contributed by atoms with Gasteiger partial charge < -0.3 is 14.2 Å². The van der Waals surface area contributed by atoms with E-state index in [0.717, 1.165) is 32.1 Å². The average molecular weight is 344 g/mol. The molecule has 0 aliphatic rings. The molecule has 0 N–H and O–H groups in total. The van der Waals surface area contributed by atoms with Crippen LogP contribution in [-0.4, -0.2) is 31.4 Å². The molecular weight excluding hydrogens is 308 g/mol. The molecule has 0 rings (SSSR count). The van der Waals surface area contributed by atoms with Gasteiger partial charge in [0.2, 0.25) is 0 Å². The van der Waals surface area contributed by atoms with Gasteiger partial charge in [0, 0.05) is 0 Å². The summed E-state index contributed by atoms with van der Waals surface area (Å²) in [7, 11) is 0. The third kappa shape index (κ3) is 7.10. The molecule has 0 aromatic carbocycles. The maximum absolute atomic E-state index is 12.9. The molecule has 24 heavy (non-hydrogen) atoms. The van der Waals surface area contributed by atoms with E-state index in [9.17, 15) is 9.59 Å². The molecule has 1 unspecified atom stereocenters. The second-order valence-corrected chi connectivity index (χ2v) is 6.16. The van der Waals surface area contributed by atoms with E-state index < -0.39 is 17.7 Å². The van der Waals surface area contributed by atoms with Gasteiger partial charge in [0.25, 0.3) is 0 Å². The Labute approximate surface area is 147 Å². The lowest BCUT2D eigenvalue weighted by Gasteiger charge is -2.38. The van der Waals surface area contributed by atoms with E-state index in [2.05, 4.69) is 13.8 Å². The Bertz CT molecular complexity index is 346. The molecule has 0 aliphatic carbocycles. The van der Waals surface area contributed by atoms with Gasteiger partial charge in [-0.15, -0.1) is 0 Å². The van der Waals surface area contributed by atoms with Crippen LogP contribution in [0.1, 0.15) is 86.0 Å². The Morgan fingerprint density at radius 2 is 1.38 bits per heavy atom. The molecule has 5 nitrogen and oxygen atoms in total. The van der Waals surface area contributed by atoms with E-state index in [4.69, 9.17) is 14.2 Å². The van der Waals surface area contributed by atoms with Crippen LogP contribution >= 0.6 is 0 Å². The molecule has 0 aliphatic heterocycles. The molecule has 0 aromatic rings. The summed E-state index contributed by atoms with van der Waals surface area (Å²) >= 11 is 0. The number of carbonyl (C=O) groups is 2. The predicted octanol–water partition coefficient (Wildman–Crippen LogP) is 5.26. The van der Waals surface area contributed by atoms with Crippen molar-refractivity contribution in [2.24, 2.45) is 5.41 Å². The lowest BCUT2D eigenvalue weighted by Crippen LogP contribution is -2.46. The van der Waals surface area contributed by atoms with Crippen LogP contribution in [0, 0.1) is 5.41 Å². The summed E-state index contributed by atoms with van der Waals surface area (Å²) in [5.41, 5.74) is -0.773. The molecule has 0 heterocycles. The second-order valence-electron chi connectivity index (χ2n) is 6.16. The van der Waals surface area contributed by atoms with Crippen molar-refractivity contribution >= 4 is 12.1 Å². The highest BCUT2D eigenvalue weighted by atomic mass is 16.7. The van der Waals surface area contributed by atoms with Crippen molar-refractivity contribution in [3.8, 4) is 0 Å². The molecule has 0 aromatic heterocycles. The third-order valence-electron chi connectivity index (χ3n) is 4.30. The maximum atomic E-state index is 12.9. The monoisotopic (exact) mass is 344 g/mol. The summed E-state index contributed by atoms with van der Waals surface area (Å²) < 4.78 is 15.9. The number of unbranched alkanes of at least 4 members (excludes halogenated alkanes) is 2. The molecule has 5 heteroatoms. The Kier molecular flexibility index (Phi) is 12.4. The third-order valence-corrected chi connectivity index (χ3v) is 4.30. The number of rotatable bonds is 13. The SMILES string of the molecule is CCCCC(CCCC)(C(=O)OCC)C(CCC)OC(=O)OCC. The van der Waals surface area contributed by atoms with Gasteiger partial charge in [-0.1, -0.05) is 52.9 Å². The minimum absolute atomic E-state index is 0.241. The van der Waals surface area contributed by atoms with E-state index in [0.29, 0.717) is 25.9 Å². The summed E-state index contributed by atoms with van der Waals surface area (Å²) in [6, 6.07) is 0. The summed E-state index contributed by atoms with van der Waals surface area (Å²) in [6.07, 6.45) is 5.35. The molecule has 0 radical (unpaired) electrons. The van der Waals surface area contributed by atoms with Crippen LogP contribution in [0.25, 0.3) is 0 Å². The smallest absolute Gasteiger partial charge is 0.465 e. The standard InChI is InChI=1S/C19H36O5/c1-6-11-14-19(15-12-7-2,17(20)22-9-4)16(13-8-3)24-18(21)23-10-5/h16H,6-15H2,1-5H3. The van der Waals surface area contributed by atoms with Crippen molar-refractivity contribution in [2.75, 3.05) is 13.2 Å². The first-order valence-electron chi connectivity index (χ1n) is 9.52. The zero-order valence-electron chi connectivity index (χ0n) is 16.2. The van der Waals surface area contributed by atoms with Crippen molar-refractivity contribution in [1.29, 1.82) is 0 Å². The van der Waals surface area contributed by atoms with Crippen LogP contribution in [0.3, 0.4) is 0 Å². The molecule has 0 saturated heterocycles. The number of esters is 1. The van der Waals surface area contributed by atoms with Crippen molar-refractivity contribution < 1.29 is 23.8 Å².